The van der Waals surface area contributed by atoms with Gasteiger partial charge in [-0.3, -0.25) is 0 Å². The third kappa shape index (κ3) is 3.41. The lowest BCUT2D eigenvalue weighted by Gasteiger charge is -2.26. The lowest BCUT2D eigenvalue weighted by Crippen LogP contribution is -2.33. The van der Waals surface area contributed by atoms with Crippen LogP contribution in [0.15, 0.2) is 60.8 Å². The number of hydrogen-bond donors (Lipinski definition) is 2. The standard InChI is InChI=1S/C19H22N2O2.ClH/c1-20-13-17(22)19(14-7-4-3-5-8-14)21-12-11-15-16(21)9-6-10-18(15)23-2;/h3-12,17,19-20,22H,13H2,1-2H3;1H. The third-order valence-corrected chi connectivity index (χ3v) is 4.16. The molecular weight excluding hydrogens is 324 g/mol. The lowest BCUT2D eigenvalue weighted by molar-refractivity contribution is 0.132. The topological polar surface area (TPSA) is 46.4 Å². The number of nitrogens with one attached hydrogen (secondary N) is 1. The zero-order valence-electron chi connectivity index (χ0n) is 13.8. The van der Waals surface area contributed by atoms with Crippen molar-refractivity contribution in [2.75, 3.05) is 20.7 Å². The number of aliphatic hydroxyl groups excluding tert-OH is 1. The summed E-state index contributed by atoms with van der Waals surface area (Å²) in [6.45, 7) is 0.517. The normalized spacial score (nSPS) is 13.3. The highest BCUT2D eigenvalue weighted by atomic mass is 35.5. The van der Waals surface area contributed by atoms with Crippen LogP contribution in [-0.4, -0.2) is 36.5 Å². The van der Waals surface area contributed by atoms with Gasteiger partial charge in [0.1, 0.15) is 5.75 Å². The molecular formula is C19H23ClN2O2. The fraction of sp³-hybridized carbons (Fsp3) is 0.263. The highest BCUT2D eigenvalue weighted by Crippen LogP contribution is 2.32. The van der Waals surface area contributed by atoms with Crippen LogP contribution >= 0.6 is 12.4 Å². The van der Waals surface area contributed by atoms with Gasteiger partial charge in [0.25, 0.3) is 0 Å². The Bertz CT molecular complexity index is 773. The van der Waals surface area contributed by atoms with E-state index in [1.807, 2.05) is 49.6 Å². The minimum atomic E-state index is -0.538. The molecule has 5 heteroatoms. The van der Waals surface area contributed by atoms with E-state index in [2.05, 4.69) is 28.1 Å². The first-order valence-electron chi connectivity index (χ1n) is 7.77. The maximum absolute atomic E-state index is 10.7. The Morgan fingerprint density at radius 2 is 1.83 bits per heavy atom. The molecule has 3 aromatic rings. The molecule has 3 rings (SSSR count). The average Bonchev–Trinajstić information content (AvgIpc) is 3.00. The quantitative estimate of drug-likeness (QED) is 0.720. The van der Waals surface area contributed by atoms with E-state index >= 15 is 0 Å². The average molecular weight is 347 g/mol. The number of nitrogens with zero attached hydrogens (tertiary/aromatic N) is 1. The Hall–Kier alpha value is -2.01. The summed E-state index contributed by atoms with van der Waals surface area (Å²) in [6, 6.07) is 18.0. The number of hydrogen-bond acceptors (Lipinski definition) is 3. The van der Waals surface area contributed by atoms with Gasteiger partial charge < -0.3 is 19.7 Å². The maximum Gasteiger partial charge on any atom is 0.128 e. The molecule has 2 aromatic carbocycles. The van der Waals surface area contributed by atoms with Crippen molar-refractivity contribution in [2.45, 2.75) is 12.1 Å². The number of benzene rings is 2. The number of halogens is 1. The van der Waals surface area contributed by atoms with Crippen LogP contribution < -0.4 is 10.1 Å². The lowest BCUT2D eigenvalue weighted by atomic mass is 10.0. The summed E-state index contributed by atoms with van der Waals surface area (Å²) in [5.41, 5.74) is 2.13. The van der Waals surface area contributed by atoms with Crippen molar-refractivity contribution in [2.24, 2.45) is 0 Å². The molecule has 1 heterocycles. The molecule has 2 unspecified atom stereocenters. The number of ether oxygens (including phenoxy) is 1. The van der Waals surface area contributed by atoms with Crippen molar-refractivity contribution < 1.29 is 9.84 Å². The van der Waals surface area contributed by atoms with Gasteiger partial charge in [-0.25, -0.2) is 0 Å². The third-order valence-electron chi connectivity index (χ3n) is 4.16. The zero-order valence-corrected chi connectivity index (χ0v) is 14.7. The van der Waals surface area contributed by atoms with Gasteiger partial charge in [-0.2, -0.15) is 0 Å². The Balaban J connectivity index is 0.00000208. The molecule has 0 saturated carbocycles. The second-order valence-electron chi connectivity index (χ2n) is 5.60. The summed E-state index contributed by atoms with van der Waals surface area (Å²) in [7, 11) is 3.53. The number of likely N-dealkylation sites (N-methyl/N-ethyl adjacent to an activating group) is 1. The maximum atomic E-state index is 10.7. The molecule has 0 bridgehead atoms. The van der Waals surface area contributed by atoms with Gasteiger partial charge in [0, 0.05) is 18.1 Å². The van der Waals surface area contributed by atoms with E-state index in [-0.39, 0.29) is 18.4 Å². The molecule has 0 amide bonds. The van der Waals surface area contributed by atoms with E-state index < -0.39 is 6.10 Å². The summed E-state index contributed by atoms with van der Waals surface area (Å²) < 4.78 is 7.57. The van der Waals surface area contributed by atoms with Crippen LogP contribution in [0.1, 0.15) is 11.6 Å². The van der Waals surface area contributed by atoms with Gasteiger partial charge in [0.15, 0.2) is 0 Å². The monoisotopic (exact) mass is 346 g/mol. The van der Waals surface area contributed by atoms with E-state index in [9.17, 15) is 5.11 Å². The van der Waals surface area contributed by atoms with Gasteiger partial charge in [-0.15, -0.1) is 12.4 Å². The number of aromatic nitrogens is 1. The van der Waals surface area contributed by atoms with Gasteiger partial charge in [-0.1, -0.05) is 36.4 Å². The SMILES string of the molecule is CNCC(O)C(c1ccccc1)n1ccc2c(OC)cccc21.Cl. The summed E-state index contributed by atoms with van der Waals surface area (Å²) in [5.74, 6) is 0.844. The second-order valence-corrected chi connectivity index (χ2v) is 5.60. The van der Waals surface area contributed by atoms with Crippen LogP contribution in [0.5, 0.6) is 5.75 Å². The minimum Gasteiger partial charge on any atom is -0.496 e. The molecule has 1 aromatic heterocycles. The Kier molecular flexibility index (Phi) is 6.26. The molecule has 0 aliphatic rings. The molecule has 0 fully saturated rings. The highest BCUT2D eigenvalue weighted by molar-refractivity contribution is 5.86. The molecule has 0 radical (unpaired) electrons. The first kappa shape index (κ1) is 18.3. The summed E-state index contributed by atoms with van der Waals surface area (Å²) in [6.07, 6.45) is 1.48. The van der Waals surface area contributed by atoms with Crippen LogP contribution in [0.4, 0.5) is 0 Å². The molecule has 0 saturated heterocycles. The first-order chi connectivity index (χ1) is 11.3. The van der Waals surface area contributed by atoms with Crippen LogP contribution in [0.3, 0.4) is 0 Å². The fourth-order valence-corrected chi connectivity index (χ4v) is 3.12. The fourth-order valence-electron chi connectivity index (χ4n) is 3.12. The van der Waals surface area contributed by atoms with Gasteiger partial charge in [0.05, 0.1) is 24.8 Å². The van der Waals surface area contributed by atoms with Gasteiger partial charge in [-0.05, 0) is 30.8 Å². The Morgan fingerprint density at radius 1 is 1.08 bits per heavy atom. The second kappa shape index (κ2) is 8.20. The number of methoxy groups -OCH3 is 1. The van der Waals surface area contributed by atoms with Crippen LogP contribution in [0, 0.1) is 0 Å². The van der Waals surface area contributed by atoms with Crippen molar-refractivity contribution in [3.8, 4) is 5.75 Å². The van der Waals surface area contributed by atoms with E-state index in [1.54, 1.807) is 7.11 Å². The number of aliphatic hydroxyl groups is 1. The summed E-state index contributed by atoms with van der Waals surface area (Å²) >= 11 is 0. The Labute approximate surface area is 148 Å². The van der Waals surface area contributed by atoms with Crippen molar-refractivity contribution in [3.05, 3.63) is 66.4 Å². The Morgan fingerprint density at radius 3 is 2.50 bits per heavy atom. The number of fused-ring (bicyclic) bond motifs is 1. The summed E-state index contributed by atoms with van der Waals surface area (Å²) in [5, 5.41) is 14.8. The van der Waals surface area contributed by atoms with Crippen molar-refractivity contribution in [3.63, 3.8) is 0 Å². The van der Waals surface area contributed by atoms with Gasteiger partial charge >= 0.3 is 0 Å². The molecule has 2 N–H and O–H groups in total. The first-order valence-corrected chi connectivity index (χ1v) is 7.77. The molecule has 2 atom stereocenters. The smallest absolute Gasteiger partial charge is 0.128 e. The number of rotatable bonds is 6. The molecule has 0 aliphatic heterocycles. The van der Waals surface area contributed by atoms with Crippen molar-refractivity contribution >= 4 is 23.3 Å². The largest absolute Gasteiger partial charge is 0.496 e. The molecule has 4 nitrogen and oxygen atoms in total. The van der Waals surface area contributed by atoms with E-state index in [4.69, 9.17) is 4.74 Å². The predicted octanol–water partition coefficient (Wildman–Crippen LogP) is 3.24. The minimum absolute atomic E-state index is 0. The molecule has 128 valence electrons. The van der Waals surface area contributed by atoms with E-state index in [0.29, 0.717) is 6.54 Å². The van der Waals surface area contributed by atoms with Crippen molar-refractivity contribution in [1.29, 1.82) is 0 Å². The highest BCUT2D eigenvalue weighted by Gasteiger charge is 2.24. The van der Waals surface area contributed by atoms with E-state index in [0.717, 1.165) is 22.2 Å². The zero-order chi connectivity index (χ0) is 16.2. The molecule has 24 heavy (non-hydrogen) atoms. The van der Waals surface area contributed by atoms with Crippen molar-refractivity contribution in [1.82, 2.24) is 9.88 Å². The molecule has 0 aliphatic carbocycles. The van der Waals surface area contributed by atoms with Crippen LogP contribution in [0.2, 0.25) is 0 Å². The van der Waals surface area contributed by atoms with Crippen LogP contribution in [0.25, 0.3) is 10.9 Å². The summed E-state index contributed by atoms with van der Waals surface area (Å²) in [4.78, 5) is 0. The predicted molar refractivity (Wildman–Crippen MR) is 100 cm³/mol. The van der Waals surface area contributed by atoms with E-state index in [1.165, 1.54) is 0 Å². The van der Waals surface area contributed by atoms with Gasteiger partial charge in [0.2, 0.25) is 0 Å². The van der Waals surface area contributed by atoms with Crippen LogP contribution in [-0.2, 0) is 0 Å². The molecule has 0 spiro atoms.